The van der Waals surface area contributed by atoms with Gasteiger partial charge in [0, 0.05) is 10.6 Å². The average Bonchev–Trinajstić information content (AvgIpc) is 2.15. The summed E-state index contributed by atoms with van der Waals surface area (Å²) in [5, 5.41) is 8.78. The van der Waals surface area contributed by atoms with Crippen molar-refractivity contribution in [1.29, 1.82) is 0 Å². The maximum Gasteiger partial charge on any atom is 0.459 e. The summed E-state index contributed by atoms with van der Waals surface area (Å²) in [7, 11) is 0. The molecule has 0 fully saturated rings. The van der Waals surface area contributed by atoms with Crippen LogP contribution in [0, 0.1) is 0 Å². The summed E-state index contributed by atoms with van der Waals surface area (Å²) in [6.07, 6.45) is 0.511. The van der Waals surface area contributed by atoms with Gasteiger partial charge in [0.05, 0.1) is 5.56 Å². The van der Waals surface area contributed by atoms with Crippen LogP contribution in [0.2, 0.25) is 0 Å². The molecule has 4 heteroatoms. The Bertz CT molecular complexity index is 322. The van der Waals surface area contributed by atoms with Crippen LogP contribution in [0.25, 0.3) is 0 Å². The van der Waals surface area contributed by atoms with Crippen LogP contribution >= 0.6 is 0 Å². The molecule has 0 bridgehead atoms. The largest absolute Gasteiger partial charge is 0.478 e. The molecule has 1 aromatic rings. The number of rotatable bonds is 4. The third-order valence-electron chi connectivity index (χ3n) is 1.70. The highest BCUT2D eigenvalue weighted by atomic mass is 32.1. The molecule has 0 aliphatic heterocycles. The lowest BCUT2D eigenvalue weighted by atomic mass is 10.1. The van der Waals surface area contributed by atoms with E-state index in [0.717, 1.165) is 5.56 Å². The van der Waals surface area contributed by atoms with Crippen molar-refractivity contribution in [3.63, 3.8) is 0 Å². The molecule has 0 spiro atoms. The molecule has 13 heavy (non-hydrogen) atoms. The average molecular weight is 197 g/mol. The molecule has 0 aromatic heterocycles. The lowest BCUT2D eigenvalue weighted by molar-refractivity contribution is 0.0696. The molecule has 0 aliphatic rings. The van der Waals surface area contributed by atoms with Gasteiger partial charge in [-0.2, -0.15) is 0 Å². The van der Waals surface area contributed by atoms with E-state index in [1.807, 2.05) is 0 Å². The Hall–Kier alpha value is -1.29. The molecule has 0 saturated carbocycles. The van der Waals surface area contributed by atoms with E-state index in [1.165, 1.54) is 0 Å². The number of hydrogen-bond donors (Lipinski definition) is 1. The molecule has 0 radical (unpaired) electrons. The molecule has 0 saturated heterocycles. The van der Waals surface area contributed by atoms with E-state index in [0.29, 0.717) is 23.8 Å². The van der Waals surface area contributed by atoms with Crippen LogP contribution in [0.4, 0.5) is 0 Å². The van der Waals surface area contributed by atoms with Crippen LogP contribution in [0.1, 0.15) is 15.9 Å². The Labute approximate surface area is 79.9 Å². The zero-order valence-corrected chi connectivity index (χ0v) is 7.71. The minimum absolute atomic E-state index is 0.288. The van der Waals surface area contributed by atoms with Gasteiger partial charge in [0.2, 0.25) is 5.75 Å². The van der Waals surface area contributed by atoms with Gasteiger partial charge in [-0.3, -0.25) is 0 Å². The molecule has 0 aliphatic carbocycles. The number of aromatic carboxylic acids is 1. The second kappa shape index (κ2) is 4.67. The third kappa shape index (κ3) is 2.59. The van der Waals surface area contributed by atoms with Crippen LogP contribution in [0.5, 0.6) is 0 Å². The highest BCUT2D eigenvalue weighted by Crippen LogP contribution is 2.08. The van der Waals surface area contributed by atoms with Gasteiger partial charge >= 0.3 is 17.6 Å². The van der Waals surface area contributed by atoms with Crippen molar-refractivity contribution < 1.29 is 14.1 Å². The summed E-state index contributed by atoms with van der Waals surface area (Å²) in [4.78, 5) is 10.7. The zero-order valence-electron chi connectivity index (χ0n) is 6.90. The summed E-state index contributed by atoms with van der Waals surface area (Å²) in [6.45, 7) is 0. The smallest absolute Gasteiger partial charge is 0.459 e. The first-order chi connectivity index (χ1) is 6.25. The van der Waals surface area contributed by atoms with Gasteiger partial charge < -0.3 is 5.11 Å². The van der Waals surface area contributed by atoms with E-state index in [1.54, 1.807) is 24.3 Å². The lowest BCUT2D eigenvalue weighted by Crippen LogP contribution is -2.03. The Balaban J connectivity index is 2.90. The molecule has 0 amide bonds. The summed E-state index contributed by atoms with van der Waals surface area (Å²) in [5.41, 5.74) is 1.01. The maximum absolute atomic E-state index is 10.7. The van der Waals surface area contributed by atoms with Crippen LogP contribution in [0.15, 0.2) is 24.3 Å². The van der Waals surface area contributed by atoms with Crippen LogP contribution in [0.3, 0.4) is 0 Å². The molecular formula is C9H9O3S+. The first kappa shape index (κ1) is 9.80. The van der Waals surface area contributed by atoms with E-state index < -0.39 is 5.97 Å². The fourth-order valence-electron chi connectivity index (χ4n) is 1.10. The monoisotopic (exact) mass is 197 g/mol. The minimum Gasteiger partial charge on any atom is -0.478 e. The van der Waals surface area contributed by atoms with Crippen molar-refractivity contribution >= 4 is 17.6 Å². The van der Waals surface area contributed by atoms with E-state index >= 15 is 0 Å². The summed E-state index contributed by atoms with van der Waals surface area (Å²) in [6, 6.07) is 6.74. The van der Waals surface area contributed by atoms with Gasteiger partial charge in [-0.25, -0.2) is 4.79 Å². The standard InChI is InChI=1S/C9H8O3S/c10-9(11)8-4-2-1-3-7(8)5-6-13-12/h1-4H,5-6H2/p+1. The highest BCUT2D eigenvalue weighted by Gasteiger charge is 2.10. The quantitative estimate of drug-likeness (QED) is 0.741. The van der Waals surface area contributed by atoms with E-state index in [-0.39, 0.29) is 5.56 Å². The van der Waals surface area contributed by atoms with Crippen LogP contribution in [-0.2, 0) is 22.3 Å². The Morgan fingerprint density at radius 1 is 1.38 bits per heavy atom. The van der Waals surface area contributed by atoms with Crippen molar-refractivity contribution in [2.75, 3.05) is 5.75 Å². The fraction of sp³-hybridized carbons (Fsp3) is 0.222. The molecular weight excluding hydrogens is 188 g/mol. The van der Waals surface area contributed by atoms with Gasteiger partial charge in [-0.05, 0) is 11.6 Å². The van der Waals surface area contributed by atoms with E-state index in [9.17, 15) is 9.00 Å². The fourth-order valence-corrected chi connectivity index (χ4v) is 1.40. The first-order valence-electron chi connectivity index (χ1n) is 3.81. The molecule has 0 heterocycles. The predicted octanol–water partition coefficient (Wildman–Crippen LogP) is 1.36. The SMILES string of the molecule is O=[S+]CCc1ccccc1C(=O)O. The normalized spacial score (nSPS) is 9.54. The van der Waals surface area contributed by atoms with Gasteiger partial charge in [0.15, 0.2) is 0 Å². The Kier molecular flexibility index (Phi) is 3.52. The minimum atomic E-state index is -0.938. The topological polar surface area (TPSA) is 54.4 Å². The summed E-state index contributed by atoms with van der Waals surface area (Å²) >= 11 is 0.474. The number of carboxylic acids is 1. The number of carboxylic acid groups (broad SMARTS) is 1. The van der Waals surface area contributed by atoms with Crippen LogP contribution in [-0.4, -0.2) is 16.8 Å². The second-order valence-corrected chi connectivity index (χ2v) is 3.18. The lowest BCUT2D eigenvalue weighted by Gasteiger charge is -1.99. The van der Waals surface area contributed by atoms with Gasteiger partial charge in [-0.15, -0.1) is 0 Å². The second-order valence-electron chi connectivity index (χ2n) is 2.53. The maximum atomic E-state index is 10.7. The van der Waals surface area contributed by atoms with Crippen molar-refractivity contribution in [2.45, 2.75) is 6.42 Å². The summed E-state index contributed by atoms with van der Waals surface area (Å²) < 4.78 is 10.2. The number of carbonyl (C=O) groups is 1. The molecule has 68 valence electrons. The Morgan fingerprint density at radius 3 is 2.69 bits per heavy atom. The van der Waals surface area contributed by atoms with Crippen molar-refractivity contribution in [3.8, 4) is 0 Å². The van der Waals surface area contributed by atoms with Crippen molar-refractivity contribution in [2.24, 2.45) is 0 Å². The van der Waals surface area contributed by atoms with Crippen molar-refractivity contribution in [1.82, 2.24) is 0 Å². The number of benzene rings is 1. The Morgan fingerprint density at radius 2 is 2.08 bits per heavy atom. The first-order valence-corrected chi connectivity index (χ1v) is 4.72. The zero-order chi connectivity index (χ0) is 9.68. The number of hydrogen-bond acceptors (Lipinski definition) is 2. The number of aryl methyl sites for hydroxylation is 1. The van der Waals surface area contributed by atoms with Crippen LogP contribution < -0.4 is 0 Å². The third-order valence-corrected chi connectivity index (χ3v) is 2.07. The van der Waals surface area contributed by atoms with Gasteiger partial charge in [0.1, 0.15) is 0 Å². The molecule has 0 unspecified atom stereocenters. The summed E-state index contributed by atoms with van der Waals surface area (Å²) in [5.74, 6) is -0.531. The van der Waals surface area contributed by atoms with Gasteiger partial charge in [0.25, 0.3) is 0 Å². The highest BCUT2D eigenvalue weighted by molar-refractivity contribution is 7.65. The molecule has 1 N–H and O–H groups in total. The molecule has 3 nitrogen and oxygen atoms in total. The van der Waals surface area contributed by atoms with E-state index in [4.69, 9.17) is 5.11 Å². The molecule has 0 atom stereocenters. The molecule has 1 rings (SSSR count). The molecule has 1 aromatic carbocycles. The predicted molar refractivity (Wildman–Crippen MR) is 50.0 cm³/mol. The van der Waals surface area contributed by atoms with Gasteiger partial charge in [-0.1, -0.05) is 18.2 Å². The van der Waals surface area contributed by atoms with Crippen molar-refractivity contribution in [3.05, 3.63) is 35.4 Å². The van der Waals surface area contributed by atoms with E-state index in [2.05, 4.69) is 0 Å².